The molecule has 1 amide bonds. The van der Waals surface area contributed by atoms with Gasteiger partial charge in [-0.1, -0.05) is 12.1 Å². The number of rotatable bonds is 4. The van der Waals surface area contributed by atoms with Crippen molar-refractivity contribution in [2.75, 3.05) is 5.32 Å². The Hall–Kier alpha value is -3.07. The molecule has 0 saturated heterocycles. The van der Waals surface area contributed by atoms with Crippen LogP contribution in [0.2, 0.25) is 0 Å². The summed E-state index contributed by atoms with van der Waals surface area (Å²) >= 11 is 0. The summed E-state index contributed by atoms with van der Waals surface area (Å²) in [5, 5.41) is 13.6. The van der Waals surface area contributed by atoms with Gasteiger partial charge in [0.05, 0.1) is 11.6 Å². The second kappa shape index (κ2) is 7.32. The summed E-state index contributed by atoms with van der Waals surface area (Å²) in [6, 6.07) is 8.10. The SMILES string of the molecule is Cc1ccnc([C@@H](O)C(F)(F)F)c1-c1ccc2cc(NC(=O)C3CC3F)ncc2c1. The number of carbonyl (C=O) groups is 1. The summed E-state index contributed by atoms with van der Waals surface area (Å²) in [5.41, 5.74) is 0.709. The van der Waals surface area contributed by atoms with Crippen LogP contribution in [0.1, 0.15) is 23.8 Å². The van der Waals surface area contributed by atoms with Crippen molar-refractivity contribution in [2.45, 2.75) is 31.8 Å². The number of pyridine rings is 2. The first-order valence-electron chi connectivity index (χ1n) is 9.20. The van der Waals surface area contributed by atoms with Gasteiger partial charge in [0.2, 0.25) is 5.91 Å². The van der Waals surface area contributed by atoms with Crippen molar-refractivity contribution in [3.63, 3.8) is 0 Å². The maximum atomic E-state index is 13.1. The molecule has 4 rings (SSSR count). The highest BCUT2D eigenvalue weighted by atomic mass is 19.4. The van der Waals surface area contributed by atoms with Gasteiger partial charge in [0.25, 0.3) is 0 Å². The average molecular weight is 419 g/mol. The number of nitrogens with one attached hydrogen (secondary N) is 1. The van der Waals surface area contributed by atoms with Crippen molar-refractivity contribution in [1.82, 2.24) is 9.97 Å². The Labute approximate surface area is 168 Å². The number of benzene rings is 1. The number of alkyl halides is 4. The molecule has 1 aromatic carbocycles. The first kappa shape index (κ1) is 20.2. The third kappa shape index (κ3) is 3.85. The second-order valence-corrected chi connectivity index (χ2v) is 7.31. The van der Waals surface area contributed by atoms with E-state index in [9.17, 15) is 27.5 Å². The third-order valence-corrected chi connectivity index (χ3v) is 5.07. The molecule has 1 saturated carbocycles. The summed E-state index contributed by atoms with van der Waals surface area (Å²) in [6.07, 6.45) is -5.76. The summed E-state index contributed by atoms with van der Waals surface area (Å²) in [7, 11) is 0. The molecular formula is C21H17F4N3O2. The molecule has 2 N–H and O–H groups in total. The molecule has 0 radical (unpaired) electrons. The highest BCUT2D eigenvalue weighted by molar-refractivity contribution is 5.96. The number of aliphatic hydroxyl groups is 1. The van der Waals surface area contributed by atoms with Crippen LogP contribution in [0.15, 0.2) is 42.7 Å². The molecule has 156 valence electrons. The van der Waals surface area contributed by atoms with E-state index in [4.69, 9.17) is 0 Å². The van der Waals surface area contributed by atoms with E-state index in [0.29, 0.717) is 21.9 Å². The molecule has 0 spiro atoms. The van der Waals surface area contributed by atoms with Crippen LogP contribution in [-0.4, -0.2) is 33.3 Å². The molecular weight excluding hydrogens is 402 g/mol. The Morgan fingerprint density at radius 3 is 2.60 bits per heavy atom. The van der Waals surface area contributed by atoms with Crippen LogP contribution in [-0.2, 0) is 4.79 Å². The van der Waals surface area contributed by atoms with E-state index in [1.807, 2.05) is 0 Å². The van der Waals surface area contributed by atoms with Gasteiger partial charge in [0, 0.05) is 23.3 Å². The minimum Gasteiger partial charge on any atom is -0.378 e. The molecule has 3 atom stereocenters. The molecule has 2 unspecified atom stereocenters. The average Bonchev–Trinajstić information content (AvgIpc) is 3.43. The topological polar surface area (TPSA) is 75.1 Å². The molecule has 2 aromatic heterocycles. The van der Waals surface area contributed by atoms with E-state index < -0.39 is 36.0 Å². The molecule has 2 heterocycles. The van der Waals surface area contributed by atoms with Crippen LogP contribution in [0.3, 0.4) is 0 Å². The van der Waals surface area contributed by atoms with Crippen LogP contribution >= 0.6 is 0 Å². The Morgan fingerprint density at radius 1 is 1.20 bits per heavy atom. The van der Waals surface area contributed by atoms with E-state index in [1.165, 1.54) is 12.4 Å². The van der Waals surface area contributed by atoms with Crippen LogP contribution in [0.5, 0.6) is 0 Å². The molecule has 9 heteroatoms. The standard InChI is InChI=1S/C21H17F4N3O2/c1-10-4-5-26-18(19(29)21(23,24)25)17(10)12-3-2-11-7-16(27-9-13(11)6-12)28-20(30)14-8-15(14)22/h2-7,9,14-15,19,29H,8H2,1H3,(H,27,28,30)/t14?,15?,19-/m1/s1. The fourth-order valence-corrected chi connectivity index (χ4v) is 3.34. The van der Waals surface area contributed by atoms with Crippen molar-refractivity contribution < 1.29 is 27.5 Å². The van der Waals surface area contributed by atoms with Gasteiger partial charge in [-0.15, -0.1) is 0 Å². The van der Waals surface area contributed by atoms with Crippen LogP contribution in [0.4, 0.5) is 23.4 Å². The number of anilines is 1. The van der Waals surface area contributed by atoms with Crippen molar-refractivity contribution in [2.24, 2.45) is 5.92 Å². The molecule has 5 nitrogen and oxygen atoms in total. The maximum absolute atomic E-state index is 13.1. The van der Waals surface area contributed by atoms with Crippen molar-refractivity contribution in [3.05, 3.63) is 54.0 Å². The number of aryl methyl sites for hydroxylation is 1. The minimum atomic E-state index is -4.85. The lowest BCUT2D eigenvalue weighted by Crippen LogP contribution is -2.22. The van der Waals surface area contributed by atoms with Gasteiger partial charge < -0.3 is 10.4 Å². The maximum Gasteiger partial charge on any atom is 0.420 e. The van der Waals surface area contributed by atoms with Crippen molar-refractivity contribution >= 4 is 22.5 Å². The quantitative estimate of drug-likeness (QED) is 0.611. The highest BCUT2D eigenvalue weighted by Crippen LogP contribution is 2.39. The number of hydrogen-bond acceptors (Lipinski definition) is 4. The molecule has 30 heavy (non-hydrogen) atoms. The van der Waals surface area contributed by atoms with Gasteiger partial charge in [-0.2, -0.15) is 13.2 Å². The van der Waals surface area contributed by atoms with Gasteiger partial charge in [0.1, 0.15) is 12.0 Å². The Kier molecular flexibility index (Phi) is 4.93. The number of halogens is 4. The number of fused-ring (bicyclic) bond motifs is 1. The number of nitrogens with zero attached hydrogens (tertiary/aromatic N) is 2. The lowest BCUT2D eigenvalue weighted by Gasteiger charge is -2.19. The second-order valence-electron chi connectivity index (χ2n) is 7.31. The number of aliphatic hydroxyl groups excluding tert-OH is 1. The summed E-state index contributed by atoms with van der Waals surface area (Å²) < 4.78 is 52.3. The summed E-state index contributed by atoms with van der Waals surface area (Å²) in [4.78, 5) is 19.8. The number of amides is 1. The van der Waals surface area contributed by atoms with Gasteiger partial charge in [0.15, 0.2) is 6.10 Å². The van der Waals surface area contributed by atoms with Crippen LogP contribution in [0.25, 0.3) is 21.9 Å². The van der Waals surface area contributed by atoms with Crippen LogP contribution < -0.4 is 5.32 Å². The van der Waals surface area contributed by atoms with Gasteiger partial charge in [-0.3, -0.25) is 9.78 Å². The number of carbonyl (C=O) groups excluding carboxylic acids is 1. The van der Waals surface area contributed by atoms with E-state index in [-0.39, 0.29) is 17.8 Å². The predicted octanol–water partition coefficient (Wildman–Crippen LogP) is 4.50. The normalized spacial score (nSPS) is 19.5. The third-order valence-electron chi connectivity index (χ3n) is 5.07. The molecule has 3 aromatic rings. The molecule has 1 aliphatic rings. The smallest absolute Gasteiger partial charge is 0.378 e. The van der Waals surface area contributed by atoms with Gasteiger partial charge in [-0.25, -0.2) is 9.37 Å². The van der Waals surface area contributed by atoms with Crippen molar-refractivity contribution in [1.29, 1.82) is 0 Å². The lowest BCUT2D eigenvalue weighted by atomic mass is 9.95. The number of hydrogen-bond donors (Lipinski definition) is 2. The summed E-state index contributed by atoms with van der Waals surface area (Å²) in [5.74, 6) is -0.801. The monoisotopic (exact) mass is 419 g/mol. The molecule has 1 fully saturated rings. The summed E-state index contributed by atoms with van der Waals surface area (Å²) in [6.45, 7) is 1.64. The zero-order valence-corrected chi connectivity index (χ0v) is 15.7. The van der Waals surface area contributed by atoms with E-state index in [0.717, 1.165) is 0 Å². The molecule has 1 aliphatic carbocycles. The fourth-order valence-electron chi connectivity index (χ4n) is 3.34. The molecule has 0 aliphatic heterocycles. The Morgan fingerprint density at radius 2 is 1.93 bits per heavy atom. The fraction of sp³-hybridized carbons (Fsp3) is 0.286. The van der Waals surface area contributed by atoms with E-state index in [2.05, 4.69) is 15.3 Å². The Bertz CT molecular complexity index is 1130. The van der Waals surface area contributed by atoms with Gasteiger partial charge >= 0.3 is 6.18 Å². The highest BCUT2D eigenvalue weighted by Gasteiger charge is 2.44. The van der Waals surface area contributed by atoms with E-state index in [1.54, 1.807) is 37.3 Å². The first-order valence-corrected chi connectivity index (χ1v) is 9.20. The largest absolute Gasteiger partial charge is 0.420 e. The van der Waals surface area contributed by atoms with Crippen molar-refractivity contribution in [3.8, 4) is 11.1 Å². The Balaban J connectivity index is 1.69. The molecule has 0 bridgehead atoms. The zero-order valence-electron chi connectivity index (χ0n) is 15.7. The zero-order chi connectivity index (χ0) is 21.6. The van der Waals surface area contributed by atoms with Crippen LogP contribution in [0, 0.1) is 12.8 Å². The minimum absolute atomic E-state index is 0.198. The number of aromatic nitrogens is 2. The predicted molar refractivity (Wildman–Crippen MR) is 102 cm³/mol. The lowest BCUT2D eigenvalue weighted by molar-refractivity contribution is -0.207. The van der Waals surface area contributed by atoms with Gasteiger partial charge in [-0.05, 0) is 48.1 Å². The first-order chi connectivity index (χ1) is 14.1. The van der Waals surface area contributed by atoms with E-state index >= 15 is 0 Å².